The molecular weight excluding hydrogens is 314 g/mol. The number of amides is 1. The predicted molar refractivity (Wildman–Crippen MR) is 84.2 cm³/mol. The molecule has 3 rings (SSSR count). The fraction of sp³-hybridized carbons (Fsp3) is 0.538. The summed E-state index contributed by atoms with van der Waals surface area (Å²) in [6.45, 7) is 1.59. The van der Waals surface area contributed by atoms with Gasteiger partial charge in [-0.1, -0.05) is 0 Å². The summed E-state index contributed by atoms with van der Waals surface area (Å²) in [5.41, 5.74) is 0. The number of tetrazole rings is 1. The van der Waals surface area contributed by atoms with Crippen LogP contribution in [0.15, 0.2) is 18.6 Å². The fourth-order valence-electron chi connectivity index (χ4n) is 2.52. The minimum atomic E-state index is -0.693. The quantitative estimate of drug-likeness (QED) is 0.667. The van der Waals surface area contributed by atoms with E-state index < -0.39 is 6.10 Å². The molecule has 24 heavy (non-hydrogen) atoms. The normalized spacial score (nSPS) is 18.3. The van der Waals surface area contributed by atoms with Crippen LogP contribution >= 0.6 is 0 Å². The first-order chi connectivity index (χ1) is 11.7. The molecule has 1 aliphatic rings. The summed E-state index contributed by atoms with van der Waals surface area (Å²) >= 11 is 0. The molecule has 1 amide bonds. The van der Waals surface area contributed by atoms with Crippen LogP contribution in [0.25, 0.3) is 0 Å². The molecule has 0 unspecified atom stereocenters. The Kier molecular flexibility index (Phi) is 4.79. The summed E-state index contributed by atoms with van der Waals surface area (Å²) in [6, 6.07) is 1.76. The molecule has 11 heteroatoms. The second-order valence-electron chi connectivity index (χ2n) is 5.40. The molecule has 1 atom stereocenters. The van der Waals surface area contributed by atoms with Crippen LogP contribution in [0.4, 0.5) is 11.8 Å². The van der Waals surface area contributed by atoms with Gasteiger partial charge in [0.1, 0.15) is 12.4 Å². The zero-order chi connectivity index (χ0) is 16.9. The van der Waals surface area contributed by atoms with Crippen LogP contribution in [0.1, 0.15) is 0 Å². The van der Waals surface area contributed by atoms with E-state index in [1.165, 1.54) is 11.1 Å². The van der Waals surface area contributed by atoms with Crippen LogP contribution in [0.3, 0.4) is 0 Å². The number of nitrogens with zero attached hydrogens (tertiary/aromatic N) is 8. The number of carbonyl (C=O) groups is 1. The highest BCUT2D eigenvalue weighted by atomic mass is 16.3. The number of hydrogen-bond donors (Lipinski definition) is 2. The summed E-state index contributed by atoms with van der Waals surface area (Å²) in [6.07, 6.45) is 2.24. The van der Waals surface area contributed by atoms with E-state index >= 15 is 0 Å². The largest absolute Gasteiger partial charge is 0.389 e. The van der Waals surface area contributed by atoms with Crippen molar-refractivity contribution in [3.8, 4) is 0 Å². The molecule has 0 aromatic carbocycles. The zero-order valence-electron chi connectivity index (χ0n) is 13.3. The zero-order valence-corrected chi connectivity index (χ0v) is 13.3. The van der Waals surface area contributed by atoms with E-state index in [1.54, 1.807) is 24.2 Å². The van der Waals surface area contributed by atoms with Gasteiger partial charge in [-0.15, -0.1) is 10.2 Å². The molecule has 11 nitrogen and oxygen atoms in total. The Morgan fingerprint density at radius 1 is 1.42 bits per heavy atom. The van der Waals surface area contributed by atoms with Crippen molar-refractivity contribution in [1.29, 1.82) is 0 Å². The van der Waals surface area contributed by atoms with E-state index in [9.17, 15) is 9.90 Å². The van der Waals surface area contributed by atoms with Gasteiger partial charge in [-0.05, 0) is 11.3 Å². The molecule has 0 radical (unpaired) electrons. The second-order valence-corrected chi connectivity index (χ2v) is 5.40. The minimum Gasteiger partial charge on any atom is -0.389 e. The lowest BCUT2D eigenvalue weighted by molar-refractivity contribution is -0.133. The van der Waals surface area contributed by atoms with Crippen molar-refractivity contribution in [2.75, 3.05) is 43.4 Å². The van der Waals surface area contributed by atoms with Gasteiger partial charge < -0.3 is 20.2 Å². The van der Waals surface area contributed by atoms with Crippen molar-refractivity contribution in [2.45, 2.75) is 12.6 Å². The Morgan fingerprint density at radius 3 is 3.04 bits per heavy atom. The van der Waals surface area contributed by atoms with E-state index in [2.05, 4.69) is 30.7 Å². The topological polar surface area (TPSA) is 125 Å². The highest BCUT2D eigenvalue weighted by Crippen LogP contribution is 2.14. The van der Waals surface area contributed by atoms with Crippen molar-refractivity contribution in [3.63, 3.8) is 0 Å². The summed E-state index contributed by atoms with van der Waals surface area (Å²) in [5.74, 6) is 1.05. The molecule has 1 fully saturated rings. The third-order valence-electron chi connectivity index (χ3n) is 3.70. The first-order valence-corrected chi connectivity index (χ1v) is 7.58. The number of β-amino-alcohol motifs (C(OH)–C–C–N with tert-alkyl or cyclic N) is 1. The van der Waals surface area contributed by atoms with E-state index in [0.717, 1.165) is 0 Å². The van der Waals surface area contributed by atoms with Gasteiger partial charge in [0.25, 0.3) is 0 Å². The summed E-state index contributed by atoms with van der Waals surface area (Å²) < 4.78 is 0. The Labute approximate surface area is 138 Å². The van der Waals surface area contributed by atoms with Gasteiger partial charge in [0.15, 0.2) is 6.33 Å². The molecule has 0 aliphatic carbocycles. The maximum Gasteiger partial charge on any atom is 0.246 e. The SMILES string of the molecule is CNc1ccnc(N2CCN(C(=O)Cn3ncnn3)C[C@H](O)C2)n1. The standard InChI is InChI=1S/C13H19N9O2/c1-14-11-2-3-15-13(18-11)21-5-4-20(6-10(23)7-21)12(24)8-22-17-9-16-19-22/h2-3,9-10,23H,4-8H2,1H3,(H,14,15,18)/t10-/m0/s1. The Bertz CT molecular complexity index is 678. The molecule has 1 aliphatic heterocycles. The number of hydrogen-bond acceptors (Lipinski definition) is 9. The van der Waals surface area contributed by atoms with Gasteiger partial charge in [-0.25, -0.2) is 4.98 Å². The van der Waals surface area contributed by atoms with Crippen LogP contribution in [0.2, 0.25) is 0 Å². The van der Waals surface area contributed by atoms with E-state index in [-0.39, 0.29) is 19.0 Å². The van der Waals surface area contributed by atoms with Crippen molar-refractivity contribution < 1.29 is 9.90 Å². The lowest BCUT2D eigenvalue weighted by atomic mass is 10.3. The number of nitrogens with one attached hydrogen (secondary N) is 1. The summed E-state index contributed by atoms with van der Waals surface area (Å²) in [4.78, 5) is 25.6. The van der Waals surface area contributed by atoms with Crippen LogP contribution in [-0.2, 0) is 11.3 Å². The summed E-state index contributed by atoms with van der Waals surface area (Å²) in [7, 11) is 1.78. The van der Waals surface area contributed by atoms with Gasteiger partial charge in [0.05, 0.1) is 6.10 Å². The highest BCUT2D eigenvalue weighted by molar-refractivity contribution is 5.76. The Morgan fingerprint density at radius 2 is 2.29 bits per heavy atom. The predicted octanol–water partition coefficient (Wildman–Crippen LogP) is -1.79. The first kappa shape index (κ1) is 16.1. The van der Waals surface area contributed by atoms with Crippen molar-refractivity contribution in [2.24, 2.45) is 0 Å². The van der Waals surface area contributed by atoms with Crippen molar-refractivity contribution in [1.82, 2.24) is 35.1 Å². The molecule has 128 valence electrons. The lowest BCUT2D eigenvalue weighted by Gasteiger charge is -2.21. The van der Waals surface area contributed by atoms with E-state index in [0.29, 0.717) is 31.4 Å². The van der Waals surface area contributed by atoms with Crippen LogP contribution in [-0.4, -0.2) is 85.4 Å². The van der Waals surface area contributed by atoms with Gasteiger partial charge >= 0.3 is 0 Å². The van der Waals surface area contributed by atoms with Gasteiger partial charge in [0.2, 0.25) is 11.9 Å². The molecular formula is C13H19N9O2. The lowest BCUT2D eigenvalue weighted by Crippen LogP contribution is -2.39. The number of carbonyl (C=O) groups excluding carboxylic acids is 1. The van der Waals surface area contributed by atoms with Crippen LogP contribution < -0.4 is 10.2 Å². The number of rotatable bonds is 4. The maximum absolute atomic E-state index is 12.3. The average molecular weight is 333 g/mol. The summed E-state index contributed by atoms with van der Waals surface area (Å²) in [5, 5.41) is 24.3. The maximum atomic E-state index is 12.3. The number of aliphatic hydroxyl groups excluding tert-OH is 1. The molecule has 2 N–H and O–H groups in total. The van der Waals surface area contributed by atoms with Gasteiger partial charge in [0, 0.05) is 39.4 Å². The molecule has 1 saturated heterocycles. The molecule has 0 bridgehead atoms. The third kappa shape index (κ3) is 3.74. The Balaban J connectivity index is 1.67. The fourth-order valence-corrected chi connectivity index (χ4v) is 2.52. The second kappa shape index (κ2) is 7.17. The van der Waals surface area contributed by atoms with E-state index in [1.807, 2.05) is 4.90 Å². The number of aromatic nitrogens is 6. The molecule has 0 saturated carbocycles. The molecule has 0 spiro atoms. The number of anilines is 2. The molecule has 2 aromatic rings. The monoisotopic (exact) mass is 333 g/mol. The molecule has 3 heterocycles. The number of aliphatic hydroxyl groups is 1. The molecule has 2 aromatic heterocycles. The van der Waals surface area contributed by atoms with E-state index in [4.69, 9.17) is 0 Å². The smallest absolute Gasteiger partial charge is 0.246 e. The van der Waals surface area contributed by atoms with Crippen LogP contribution in [0.5, 0.6) is 0 Å². The minimum absolute atomic E-state index is 0.00153. The van der Waals surface area contributed by atoms with Crippen LogP contribution in [0, 0.1) is 0 Å². The van der Waals surface area contributed by atoms with Crippen molar-refractivity contribution >= 4 is 17.7 Å². The average Bonchev–Trinajstić information content (AvgIpc) is 3.01. The highest BCUT2D eigenvalue weighted by Gasteiger charge is 2.26. The Hall–Kier alpha value is -2.82. The van der Waals surface area contributed by atoms with Gasteiger partial charge in [-0.2, -0.15) is 9.78 Å². The first-order valence-electron chi connectivity index (χ1n) is 7.58. The van der Waals surface area contributed by atoms with Crippen molar-refractivity contribution in [3.05, 3.63) is 18.6 Å². The van der Waals surface area contributed by atoms with Gasteiger partial charge in [-0.3, -0.25) is 4.79 Å². The third-order valence-corrected chi connectivity index (χ3v) is 3.70.